The number of carbonyl (C=O) groups excluding carboxylic acids is 1. The Bertz CT molecular complexity index is 454. The summed E-state index contributed by atoms with van der Waals surface area (Å²) in [7, 11) is 1.64. The molecule has 0 saturated heterocycles. The van der Waals surface area contributed by atoms with Gasteiger partial charge in [-0.3, -0.25) is 4.79 Å². The Hall–Kier alpha value is -1.55. The van der Waals surface area contributed by atoms with Crippen LogP contribution in [0.5, 0.6) is 5.75 Å². The van der Waals surface area contributed by atoms with Crippen molar-refractivity contribution >= 4 is 5.91 Å². The SMILES string of the molecule is COc1ccccc1CNC(=O)CC1(N)CCCCC1. The largest absolute Gasteiger partial charge is 0.496 e. The molecular weight excluding hydrogens is 252 g/mol. The van der Waals surface area contributed by atoms with Crippen LogP contribution in [0.25, 0.3) is 0 Å². The lowest BCUT2D eigenvalue weighted by molar-refractivity contribution is -0.122. The molecule has 4 heteroatoms. The van der Waals surface area contributed by atoms with Crippen LogP contribution in [-0.2, 0) is 11.3 Å². The molecule has 1 aromatic carbocycles. The zero-order valence-electron chi connectivity index (χ0n) is 12.2. The van der Waals surface area contributed by atoms with Gasteiger partial charge in [0.05, 0.1) is 7.11 Å². The van der Waals surface area contributed by atoms with Crippen LogP contribution in [0, 0.1) is 0 Å². The number of nitrogens with two attached hydrogens (primary N) is 1. The highest BCUT2D eigenvalue weighted by Crippen LogP contribution is 2.28. The summed E-state index contributed by atoms with van der Waals surface area (Å²) in [6.07, 6.45) is 5.83. The number of para-hydroxylation sites is 1. The van der Waals surface area contributed by atoms with Gasteiger partial charge in [0, 0.05) is 24.1 Å². The number of rotatable bonds is 5. The minimum atomic E-state index is -0.302. The van der Waals surface area contributed by atoms with E-state index < -0.39 is 0 Å². The molecule has 1 aromatic rings. The number of methoxy groups -OCH3 is 1. The fraction of sp³-hybridized carbons (Fsp3) is 0.562. The first-order chi connectivity index (χ1) is 9.63. The zero-order chi connectivity index (χ0) is 14.4. The van der Waals surface area contributed by atoms with Gasteiger partial charge in [0.1, 0.15) is 5.75 Å². The third-order valence-electron chi connectivity index (χ3n) is 4.03. The second-order valence-electron chi connectivity index (χ2n) is 5.69. The molecule has 0 aliphatic heterocycles. The average molecular weight is 276 g/mol. The van der Waals surface area contributed by atoms with E-state index in [4.69, 9.17) is 10.5 Å². The van der Waals surface area contributed by atoms with Gasteiger partial charge in [-0.15, -0.1) is 0 Å². The Morgan fingerprint density at radius 1 is 1.30 bits per heavy atom. The van der Waals surface area contributed by atoms with Crippen LogP contribution in [0.1, 0.15) is 44.1 Å². The number of hydrogen-bond donors (Lipinski definition) is 2. The van der Waals surface area contributed by atoms with Crippen molar-refractivity contribution in [2.75, 3.05) is 7.11 Å². The van der Waals surface area contributed by atoms with Gasteiger partial charge in [-0.1, -0.05) is 37.5 Å². The zero-order valence-corrected chi connectivity index (χ0v) is 12.2. The van der Waals surface area contributed by atoms with Gasteiger partial charge in [0.15, 0.2) is 0 Å². The van der Waals surface area contributed by atoms with Gasteiger partial charge in [0.25, 0.3) is 0 Å². The van der Waals surface area contributed by atoms with Crippen molar-refractivity contribution in [1.82, 2.24) is 5.32 Å². The van der Waals surface area contributed by atoms with Crippen LogP contribution in [0.2, 0.25) is 0 Å². The fourth-order valence-corrected chi connectivity index (χ4v) is 2.86. The second kappa shape index (κ2) is 6.75. The van der Waals surface area contributed by atoms with Crippen LogP contribution in [0.3, 0.4) is 0 Å². The van der Waals surface area contributed by atoms with Crippen LogP contribution in [0.4, 0.5) is 0 Å². The van der Waals surface area contributed by atoms with Gasteiger partial charge in [-0.05, 0) is 18.9 Å². The molecule has 110 valence electrons. The Morgan fingerprint density at radius 3 is 2.70 bits per heavy atom. The van der Waals surface area contributed by atoms with E-state index in [1.165, 1.54) is 6.42 Å². The molecule has 3 N–H and O–H groups in total. The van der Waals surface area contributed by atoms with E-state index in [1.807, 2.05) is 24.3 Å². The highest BCUT2D eigenvalue weighted by atomic mass is 16.5. The van der Waals surface area contributed by atoms with Crippen LogP contribution < -0.4 is 15.8 Å². The molecule has 1 amide bonds. The first-order valence-corrected chi connectivity index (χ1v) is 7.30. The number of ether oxygens (including phenoxy) is 1. The predicted octanol–water partition coefficient (Wildman–Crippen LogP) is 2.36. The molecule has 0 atom stereocenters. The van der Waals surface area contributed by atoms with Crippen LogP contribution in [-0.4, -0.2) is 18.6 Å². The third kappa shape index (κ3) is 3.97. The quantitative estimate of drug-likeness (QED) is 0.867. The molecule has 2 rings (SSSR count). The predicted molar refractivity (Wildman–Crippen MR) is 79.5 cm³/mol. The number of amides is 1. The normalized spacial score (nSPS) is 17.5. The van der Waals surface area contributed by atoms with Crippen molar-refractivity contribution in [2.45, 2.75) is 50.6 Å². The molecule has 0 spiro atoms. The summed E-state index contributed by atoms with van der Waals surface area (Å²) < 4.78 is 5.27. The van der Waals surface area contributed by atoms with Crippen molar-refractivity contribution in [1.29, 1.82) is 0 Å². The molecule has 4 nitrogen and oxygen atoms in total. The second-order valence-corrected chi connectivity index (χ2v) is 5.69. The summed E-state index contributed by atoms with van der Waals surface area (Å²) in [4.78, 5) is 12.1. The van der Waals surface area contributed by atoms with E-state index in [-0.39, 0.29) is 11.4 Å². The maximum atomic E-state index is 12.1. The van der Waals surface area contributed by atoms with E-state index in [0.29, 0.717) is 13.0 Å². The maximum absolute atomic E-state index is 12.1. The molecule has 1 aliphatic carbocycles. The van der Waals surface area contributed by atoms with Crippen molar-refractivity contribution in [3.8, 4) is 5.75 Å². The van der Waals surface area contributed by atoms with E-state index in [1.54, 1.807) is 7.11 Å². The molecule has 0 heterocycles. The standard InChI is InChI=1S/C16H24N2O2/c1-20-14-8-4-3-7-13(14)12-18-15(19)11-16(17)9-5-2-6-10-16/h3-4,7-8H,2,5-6,9-12,17H2,1H3,(H,18,19). The Balaban J connectivity index is 1.85. The fourth-order valence-electron chi connectivity index (χ4n) is 2.86. The molecule has 1 aliphatic rings. The van der Waals surface area contributed by atoms with E-state index in [0.717, 1.165) is 37.0 Å². The van der Waals surface area contributed by atoms with E-state index in [2.05, 4.69) is 5.32 Å². The summed E-state index contributed by atoms with van der Waals surface area (Å²) in [5.74, 6) is 0.827. The van der Waals surface area contributed by atoms with Gasteiger partial charge >= 0.3 is 0 Å². The van der Waals surface area contributed by atoms with Gasteiger partial charge < -0.3 is 15.8 Å². The molecule has 0 bridgehead atoms. The Labute approximate surface area is 120 Å². The topological polar surface area (TPSA) is 64.3 Å². The minimum absolute atomic E-state index is 0.0281. The summed E-state index contributed by atoms with van der Waals surface area (Å²) in [5.41, 5.74) is 6.98. The van der Waals surface area contributed by atoms with Gasteiger partial charge in [-0.2, -0.15) is 0 Å². The van der Waals surface area contributed by atoms with Crippen LogP contribution in [0.15, 0.2) is 24.3 Å². The van der Waals surface area contributed by atoms with Crippen molar-refractivity contribution < 1.29 is 9.53 Å². The molecule has 0 unspecified atom stereocenters. The lowest BCUT2D eigenvalue weighted by Gasteiger charge is -2.32. The number of carbonyl (C=O) groups is 1. The summed E-state index contributed by atoms with van der Waals surface area (Å²) in [6.45, 7) is 0.485. The van der Waals surface area contributed by atoms with Crippen molar-refractivity contribution in [3.63, 3.8) is 0 Å². The van der Waals surface area contributed by atoms with E-state index >= 15 is 0 Å². The first-order valence-electron chi connectivity index (χ1n) is 7.30. The van der Waals surface area contributed by atoms with E-state index in [9.17, 15) is 4.79 Å². The average Bonchev–Trinajstić information content (AvgIpc) is 2.45. The van der Waals surface area contributed by atoms with Crippen molar-refractivity contribution in [2.24, 2.45) is 5.73 Å². The first kappa shape index (κ1) is 14.9. The van der Waals surface area contributed by atoms with Crippen LogP contribution >= 0.6 is 0 Å². The summed E-state index contributed by atoms with van der Waals surface area (Å²) in [6, 6.07) is 7.71. The van der Waals surface area contributed by atoms with Gasteiger partial charge in [0.2, 0.25) is 5.91 Å². The van der Waals surface area contributed by atoms with Gasteiger partial charge in [-0.25, -0.2) is 0 Å². The third-order valence-corrected chi connectivity index (χ3v) is 4.03. The number of benzene rings is 1. The number of hydrogen-bond acceptors (Lipinski definition) is 3. The summed E-state index contributed by atoms with van der Waals surface area (Å²) >= 11 is 0. The monoisotopic (exact) mass is 276 g/mol. The smallest absolute Gasteiger partial charge is 0.222 e. The van der Waals surface area contributed by atoms with Crippen molar-refractivity contribution in [3.05, 3.63) is 29.8 Å². The lowest BCUT2D eigenvalue weighted by atomic mass is 9.80. The molecular formula is C16H24N2O2. The summed E-state index contributed by atoms with van der Waals surface area (Å²) in [5, 5.41) is 2.95. The Morgan fingerprint density at radius 2 is 2.00 bits per heavy atom. The lowest BCUT2D eigenvalue weighted by Crippen LogP contribution is -2.45. The molecule has 1 fully saturated rings. The molecule has 1 saturated carbocycles. The number of nitrogens with one attached hydrogen (secondary N) is 1. The highest BCUT2D eigenvalue weighted by Gasteiger charge is 2.29. The molecule has 20 heavy (non-hydrogen) atoms. The maximum Gasteiger partial charge on any atom is 0.222 e. The molecule has 0 aromatic heterocycles. The Kier molecular flexibility index (Phi) is 5.01. The highest BCUT2D eigenvalue weighted by molar-refractivity contribution is 5.77. The molecule has 0 radical (unpaired) electrons. The minimum Gasteiger partial charge on any atom is -0.496 e.